The number of aromatic nitrogens is 1. The Labute approximate surface area is 239 Å². The maximum atomic E-state index is 13.2. The lowest BCUT2D eigenvalue weighted by Crippen LogP contribution is -2.48. The maximum Gasteiger partial charge on any atom is 0.246 e. The second-order valence-corrected chi connectivity index (χ2v) is 10.5. The summed E-state index contributed by atoms with van der Waals surface area (Å²) in [5, 5.41) is 1.13. The van der Waals surface area contributed by atoms with E-state index in [1.165, 1.54) is 16.8 Å². The number of nitrogens with zero attached hydrogens (tertiary/aromatic N) is 4. The third-order valence-corrected chi connectivity index (χ3v) is 8.28. The van der Waals surface area contributed by atoms with Crippen molar-refractivity contribution in [2.24, 2.45) is 0 Å². The Kier molecular flexibility index (Phi) is 10.7. The molecule has 7 heteroatoms. The van der Waals surface area contributed by atoms with Gasteiger partial charge in [0.1, 0.15) is 11.5 Å². The fourth-order valence-electron chi connectivity index (χ4n) is 5.64. The number of carbonyl (C=O) groups is 1. The number of fused-ring (bicyclic) bond motifs is 1. The SMILES string of the molecule is CCN(CC)CCCn1c(C)c(/C=C/C(=O)N2CCN(CCc3ccc(OC)cc3)CC2)c2cc(OC)ccc21. The molecule has 0 aliphatic carbocycles. The molecule has 40 heavy (non-hydrogen) atoms. The largest absolute Gasteiger partial charge is 0.497 e. The topological polar surface area (TPSA) is 50.2 Å². The predicted octanol–water partition coefficient (Wildman–Crippen LogP) is 5.10. The standard InChI is InChI=1S/C33H46N4O3/c1-6-34(7-2)18-8-19-37-26(3)30(31-25-29(40-5)13-15-32(31)37)14-16-33(38)36-23-21-35(22-24-36)20-17-27-9-11-28(39-4)12-10-27/h9-16,25H,6-8,17-24H2,1-5H3/b16-14+. The van der Waals surface area contributed by atoms with Crippen LogP contribution in [0.15, 0.2) is 48.5 Å². The minimum atomic E-state index is 0.0829. The van der Waals surface area contributed by atoms with Crippen LogP contribution in [0, 0.1) is 6.92 Å². The minimum Gasteiger partial charge on any atom is -0.497 e. The van der Waals surface area contributed by atoms with Gasteiger partial charge in [-0.1, -0.05) is 26.0 Å². The van der Waals surface area contributed by atoms with Gasteiger partial charge < -0.3 is 23.8 Å². The molecule has 1 saturated heterocycles. The maximum absolute atomic E-state index is 13.2. The molecule has 7 nitrogen and oxygen atoms in total. The van der Waals surface area contributed by atoms with E-state index in [4.69, 9.17) is 9.47 Å². The molecule has 1 fully saturated rings. The number of piperazine rings is 1. The Bertz CT molecular complexity index is 1270. The van der Waals surface area contributed by atoms with Gasteiger partial charge in [-0.15, -0.1) is 0 Å². The van der Waals surface area contributed by atoms with Crippen LogP contribution >= 0.6 is 0 Å². The van der Waals surface area contributed by atoms with Crippen molar-refractivity contribution in [1.82, 2.24) is 19.3 Å². The molecular weight excluding hydrogens is 500 g/mol. The highest BCUT2D eigenvalue weighted by Gasteiger charge is 2.20. The van der Waals surface area contributed by atoms with Crippen molar-refractivity contribution in [3.63, 3.8) is 0 Å². The monoisotopic (exact) mass is 546 g/mol. The number of aryl methyl sites for hydroxylation is 1. The highest BCUT2D eigenvalue weighted by molar-refractivity contribution is 5.98. The summed E-state index contributed by atoms with van der Waals surface area (Å²) in [5.74, 6) is 1.80. The average molecular weight is 547 g/mol. The number of hydrogen-bond donors (Lipinski definition) is 0. The zero-order chi connectivity index (χ0) is 28.5. The molecule has 0 bridgehead atoms. The van der Waals surface area contributed by atoms with Gasteiger partial charge in [-0.25, -0.2) is 0 Å². The number of ether oxygens (including phenoxy) is 2. The van der Waals surface area contributed by atoms with E-state index in [1.54, 1.807) is 20.3 Å². The van der Waals surface area contributed by atoms with Crippen LogP contribution in [0.25, 0.3) is 17.0 Å². The molecule has 0 radical (unpaired) electrons. The molecule has 1 aliphatic heterocycles. The van der Waals surface area contributed by atoms with Crippen molar-refractivity contribution in [2.45, 2.75) is 40.2 Å². The third-order valence-electron chi connectivity index (χ3n) is 8.28. The molecule has 0 unspecified atom stereocenters. The van der Waals surface area contributed by atoms with Gasteiger partial charge in [-0.2, -0.15) is 0 Å². The van der Waals surface area contributed by atoms with Crippen molar-refractivity contribution >= 4 is 22.9 Å². The number of carbonyl (C=O) groups excluding carboxylic acids is 1. The van der Waals surface area contributed by atoms with E-state index < -0.39 is 0 Å². The molecule has 2 aromatic carbocycles. The van der Waals surface area contributed by atoms with Crippen molar-refractivity contribution in [3.8, 4) is 11.5 Å². The van der Waals surface area contributed by atoms with Gasteiger partial charge >= 0.3 is 0 Å². The Morgan fingerprint density at radius 2 is 1.60 bits per heavy atom. The quantitative estimate of drug-likeness (QED) is 0.279. The summed E-state index contributed by atoms with van der Waals surface area (Å²) in [6.45, 7) is 15.1. The summed E-state index contributed by atoms with van der Waals surface area (Å²) in [4.78, 5) is 20.1. The van der Waals surface area contributed by atoms with Gasteiger partial charge in [-0.05, 0) is 81.4 Å². The highest BCUT2D eigenvalue weighted by atomic mass is 16.5. The number of rotatable bonds is 13. The fraction of sp³-hybridized carbons (Fsp3) is 0.485. The first-order valence-electron chi connectivity index (χ1n) is 14.7. The molecule has 2 heterocycles. The number of benzene rings is 2. The van der Waals surface area contributed by atoms with E-state index in [9.17, 15) is 4.79 Å². The lowest BCUT2D eigenvalue weighted by atomic mass is 10.1. The van der Waals surface area contributed by atoms with Crippen molar-refractivity contribution in [2.75, 3.05) is 66.6 Å². The van der Waals surface area contributed by atoms with Crippen LogP contribution in [0.3, 0.4) is 0 Å². The van der Waals surface area contributed by atoms with Crippen LogP contribution in [-0.4, -0.2) is 91.8 Å². The summed E-state index contributed by atoms with van der Waals surface area (Å²) in [6, 6.07) is 14.5. The van der Waals surface area contributed by atoms with E-state index in [-0.39, 0.29) is 5.91 Å². The Morgan fingerprint density at radius 1 is 0.925 bits per heavy atom. The zero-order valence-electron chi connectivity index (χ0n) is 25.0. The van der Waals surface area contributed by atoms with Crippen LogP contribution in [0.1, 0.15) is 37.1 Å². The summed E-state index contributed by atoms with van der Waals surface area (Å²) < 4.78 is 13.2. The van der Waals surface area contributed by atoms with Gasteiger partial charge in [-0.3, -0.25) is 9.69 Å². The smallest absolute Gasteiger partial charge is 0.246 e. The van der Waals surface area contributed by atoms with E-state index >= 15 is 0 Å². The van der Waals surface area contributed by atoms with Gasteiger partial charge in [0.2, 0.25) is 5.91 Å². The molecule has 3 aromatic rings. The first-order chi connectivity index (χ1) is 19.5. The minimum absolute atomic E-state index is 0.0829. The van der Waals surface area contributed by atoms with Gasteiger partial charge in [0.05, 0.1) is 14.2 Å². The number of methoxy groups -OCH3 is 2. The molecule has 1 amide bonds. The molecule has 4 rings (SSSR count). The molecule has 1 aliphatic rings. The van der Waals surface area contributed by atoms with E-state index in [2.05, 4.69) is 59.4 Å². The first kappa shape index (κ1) is 29.7. The van der Waals surface area contributed by atoms with Crippen molar-refractivity contribution in [1.29, 1.82) is 0 Å². The predicted molar refractivity (Wildman–Crippen MR) is 164 cm³/mol. The molecule has 0 saturated carbocycles. The highest BCUT2D eigenvalue weighted by Crippen LogP contribution is 2.31. The first-order valence-corrected chi connectivity index (χ1v) is 14.7. The van der Waals surface area contributed by atoms with E-state index in [0.29, 0.717) is 0 Å². The lowest BCUT2D eigenvalue weighted by Gasteiger charge is -2.34. The third kappa shape index (κ3) is 7.26. The second-order valence-electron chi connectivity index (χ2n) is 10.5. The zero-order valence-corrected chi connectivity index (χ0v) is 25.0. The van der Waals surface area contributed by atoms with Crippen LogP contribution in [0.5, 0.6) is 11.5 Å². The number of amides is 1. The Morgan fingerprint density at radius 3 is 2.25 bits per heavy atom. The van der Waals surface area contributed by atoms with Crippen LogP contribution in [0.4, 0.5) is 0 Å². The molecule has 216 valence electrons. The van der Waals surface area contributed by atoms with Gasteiger partial charge in [0.25, 0.3) is 0 Å². The van der Waals surface area contributed by atoms with Gasteiger partial charge in [0, 0.05) is 67.5 Å². The van der Waals surface area contributed by atoms with Crippen LogP contribution in [0.2, 0.25) is 0 Å². The molecule has 0 N–H and O–H groups in total. The molecule has 0 spiro atoms. The van der Waals surface area contributed by atoms with Crippen molar-refractivity contribution in [3.05, 3.63) is 65.4 Å². The summed E-state index contributed by atoms with van der Waals surface area (Å²) in [7, 11) is 3.39. The van der Waals surface area contributed by atoms with E-state index in [1.807, 2.05) is 29.2 Å². The normalized spacial score (nSPS) is 14.5. The summed E-state index contributed by atoms with van der Waals surface area (Å²) in [5.41, 5.74) is 4.79. The average Bonchev–Trinajstić information content (AvgIpc) is 3.26. The molecule has 1 aromatic heterocycles. The fourth-order valence-corrected chi connectivity index (χ4v) is 5.64. The van der Waals surface area contributed by atoms with Crippen molar-refractivity contribution < 1.29 is 14.3 Å². The Hall–Kier alpha value is -3.29. The number of hydrogen-bond acceptors (Lipinski definition) is 5. The molecule has 0 atom stereocenters. The summed E-state index contributed by atoms with van der Waals surface area (Å²) in [6.07, 6.45) is 5.85. The lowest BCUT2D eigenvalue weighted by molar-refractivity contribution is -0.127. The van der Waals surface area contributed by atoms with Gasteiger partial charge in [0.15, 0.2) is 0 Å². The Balaban J connectivity index is 1.38. The molecular formula is C33H46N4O3. The van der Waals surface area contributed by atoms with E-state index in [0.717, 1.165) is 94.2 Å². The van der Waals surface area contributed by atoms with Crippen LogP contribution < -0.4 is 9.47 Å². The van der Waals surface area contributed by atoms with Crippen LogP contribution in [-0.2, 0) is 17.8 Å². The summed E-state index contributed by atoms with van der Waals surface area (Å²) >= 11 is 0. The second kappa shape index (κ2) is 14.4.